The molecule has 7 nitrogen and oxygen atoms in total. The molecule has 0 amide bonds. The topological polar surface area (TPSA) is 107 Å². The van der Waals surface area contributed by atoms with Gasteiger partial charge in [0.15, 0.2) is 0 Å². The number of anilines is 1. The highest BCUT2D eigenvalue weighted by atomic mass is 31.1. The Morgan fingerprint density at radius 2 is 2.42 bits per heavy atom. The third-order valence-corrected chi connectivity index (χ3v) is 1.32. The molecule has 0 saturated heterocycles. The summed E-state index contributed by atoms with van der Waals surface area (Å²) in [5, 5.41) is 0. The van der Waals surface area contributed by atoms with Gasteiger partial charge in [-0.1, -0.05) is 0 Å². The summed E-state index contributed by atoms with van der Waals surface area (Å²) in [6.45, 7) is 0. The van der Waals surface area contributed by atoms with Crippen LogP contribution in [0, 0.1) is 0 Å². The molecule has 0 aliphatic rings. The molecule has 1 rings (SSSR count). The van der Waals surface area contributed by atoms with Crippen LogP contribution in [0.1, 0.15) is 0 Å². The molecule has 8 heteroatoms. The van der Waals surface area contributed by atoms with Crippen molar-refractivity contribution in [1.29, 1.82) is 0 Å². The molecule has 0 bridgehead atoms. The van der Waals surface area contributed by atoms with Crippen LogP contribution in [0.3, 0.4) is 0 Å². The molecule has 0 aliphatic heterocycles. The number of rotatable bonds is 2. The van der Waals surface area contributed by atoms with Crippen LogP contribution in [0.25, 0.3) is 0 Å². The summed E-state index contributed by atoms with van der Waals surface area (Å²) in [7, 11) is -3.19. The van der Waals surface area contributed by atoms with Gasteiger partial charge in [-0.25, -0.2) is 9.36 Å². The highest BCUT2D eigenvalue weighted by molar-refractivity contribution is 7.32. The van der Waals surface area contributed by atoms with E-state index in [1.54, 1.807) is 0 Å². The Morgan fingerprint density at radius 3 is 2.92 bits per heavy atom. The zero-order valence-corrected chi connectivity index (χ0v) is 6.80. The van der Waals surface area contributed by atoms with Gasteiger partial charge in [-0.15, -0.1) is 4.73 Å². The van der Waals surface area contributed by atoms with Crippen LogP contribution in [-0.4, -0.2) is 14.6 Å². The first-order chi connectivity index (χ1) is 5.59. The molecule has 1 aromatic heterocycles. The molecule has 0 radical (unpaired) electrons. The van der Waals surface area contributed by atoms with E-state index in [0.29, 0.717) is 4.73 Å². The second-order valence-electron chi connectivity index (χ2n) is 1.82. The van der Waals surface area contributed by atoms with Crippen molar-refractivity contribution in [3.63, 3.8) is 0 Å². The largest absolute Gasteiger partial charge is 0.384 e. The van der Waals surface area contributed by atoms with Crippen molar-refractivity contribution in [1.82, 2.24) is 9.71 Å². The molecule has 3 N–H and O–H groups in total. The molecule has 1 unspecified atom stereocenters. The standard InChI is InChI=1S/C4H6N3O4P/c5-3-1-2-7(4(8)6-3)11-12(9)10/h1-2,12H,(H,9,10)(H2,5,6,8). The van der Waals surface area contributed by atoms with Crippen LogP contribution in [0.2, 0.25) is 0 Å². The van der Waals surface area contributed by atoms with Crippen LogP contribution < -0.4 is 16.0 Å². The molecule has 1 heterocycles. The summed E-state index contributed by atoms with van der Waals surface area (Å²) < 4.78 is 14.9. The Hall–Kier alpha value is -1.33. The fourth-order valence-electron chi connectivity index (χ4n) is 0.558. The maximum absolute atomic E-state index is 10.8. The Bertz CT molecular complexity index is 362. The smallest absolute Gasteiger partial charge is 0.383 e. The fourth-order valence-corrected chi connectivity index (χ4v) is 0.866. The van der Waals surface area contributed by atoms with Gasteiger partial charge in [-0.05, 0) is 0 Å². The lowest BCUT2D eigenvalue weighted by atomic mass is 10.6. The first-order valence-electron chi connectivity index (χ1n) is 2.86. The summed E-state index contributed by atoms with van der Waals surface area (Å²) in [5.41, 5.74) is 4.31. The number of hydrogen-bond acceptors (Lipinski definition) is 5. The molecule has 0 saturated carbocycles. The van der Waals surface area contributed by atoms with E-state index in [9.17, 15) is 9.36 Å². The molecular formula is C4H6N3O4P. The van der Waals surface area contributed by atoms with Crippen molar-refractivity contribution >= 4 is 14.1 Å². The number of nitrogens with zero attached hydrogens (tertiary/aromatic N) is 2. The summed E-state index contributed by atoms with van der Waals surface area (Å²) in [5.74, 6) is 0.0254. The molecule has 1 aromatic rings. The van der Waals surface area contributed by atoms with Crippen LogP contribution >= 0.6 is 8.25 Å². The molecule has 1 atom stereocenters. The minimum Gasteiger partial charge on any atom is -0.383 e. The quantitative estimate of drug-likeness (QED) is 0.558. The zero-order valence-electron chi connectivity index (χ0n) is 5.80. The predicted octanol–water partition coefficient (Wildman–Crippen LogP) is -1.36. The van der Waals surface area contributed by atoms with Crippen LogP contribution in [0.4, 0.5) is 5.82 Å². The molecule has 0 aliphatic carbocycles. The van der Waals surface area contributed by atoms with E-state index in [-0.39, 0.29) is 5.82 Å². The first-order valence-corrected chi connectivity index (χ1v) is 4.12. The van der Waals surface area contributed by atoms with E-state index in [0.717, 1.165) is 6.20 Å². The van der Waals surface area contributed by atoms with Gasteiger partial charge in [0.1, 0.15) is 5.82 Å². The number of nitrogen functional groups attached to an aromatic ring is 1. The van der Waals surface area contributed by atoms with E-state index in [2.05, 4.69) is 9.61 Å². The summed E-state index contributed by atoms with van der Waals surface area (Å²) in [6, 6.07) is 1.27. The second kappa shape index (κ2) is 3.38. The highest BCUT2D eigenvalue weighted by Gasteiger charge is 1.99. The van der Waals surface area contributed by atoms with Gasteiger partial charge < -0.3 is 15.3 Å². The lowest BCUT2D eigenvalue weighted by molar-refractivity contribution is 0.235. The van der Waals surface area contributed by atoms with E-state index < -0.39 is 13.9 Å². The van der Waals surface area contributed by atoms with Crippen molar-refractivity contribution in [3.05, 3.63) is 22.7 Å². The lowest BCUT2D eigenvalue weighted by Crippen LogP contribution is -2.25. The maximum atomic E-state index is 10.8. The summed E-state index contributed by atoms with van der Waals surface area (Å²) in [6.07, 6.45) is 1.11. The monoisotopic (exact) mass is 191 g/mol. The Labute approximate surface area is 67.3 Å². The zero-order chi connectivity index (χ0) is 9.14. The Kier molecular flexibility index (Phi) is 2.47. The van der Waals surface area contributed by atoms with Crippen molar-refractivity contribution in [2.24, 2.45) is 0 Å². The van der Waals surface area contributed by atoms with Gasteiger partial charge in [0.2, 0.25) is 0 Å². The van der Waals surface area contributed by atoms with E-state index in [1.807, 2.05) is 0 Å². The maximum Gasteiger partial charge on any atom is 0.384 e. The third-order valence-electron chi connectivity index (χ3n) is 0.970. The Balaban J connectivity index is 3.02. The number of nitrogens with two attached hydrogens (primary N) is 1. The van der Waals surface area contributed by atoms with Crippen molar-refractivity contribution in [2.75, 3.05) is 5.73 Å². The summed E-state index contributed by atoms with van der Waals surface area (Å²) in [4.78, 5) is 22.3. The molecule has 0 spiro atoms. The normalized spacial score (nSPS) is 12.4. The first kappa shape index (κ1) is 8.76. The van der Waals surface area contributed by atoms with Gasteiger partial charge >= 0.3 is 13.9 Å². The van der Waals surface area contributed by atoms with Gasteiger partial charge in [-0.2, -0.15) is 4.98 Å². The molecule has 0 aromatic carbocycles. The fraction of sp³-hybridized carbons (Fsp3) is 0. The summed E-state index contributed by atoms with van der Waals surface area (Å²) >= 11 is 0. The number of hydrogen-bond donors (Lipinski definition) is 2. The molecule has 12 heavy (non-hydrogen) atoms. The van der Waals surface area contributed by atoms with Gasteiger partial charge in [0.25, 0.3) is 0 Å². The second-order valence-corrected chi connectivity index (χ2v) is 2.53. The highest BCUT2D eigenvalue weighted by Crippen LogP contribution is 2.07. The number of aromatic nitrogens is 2. The SMILES string of the molecule is Nc1ccn(O[PH](=O)O)c(=O)n1. The molecule has 66 valence electrons. The van der Waals surface area contributed by atoms with Crippen molar-refractivity contribution in [2.45, 2.75) is 0 Å². The van der Waals surface area contributed by atoms with Crippen LogP contribution in [0.15, 0.2) is 17.1 Å². The Morgan fingerprint density at radius 1 is 1.75 bits per heavy atom. The van der Waals surface area contributed by atoms with E-state index in [4.69, 9.17) is 10.6 Å². The predicted molar refractivity (Wildman–Crippen MR) is 40.7 cm³/mol. The van der Waals surface area contributed by atoms with Crippen molar-refractivity contribution < 1.29 is 14.1 Å². The lowest BCUT2D eigenvalue weighted by Gasteiger charge is -2.01. The van der Waals surface area contributed by atoms with Gasteiger partial charge in [0, 0.05) is 6.07 Å². The minimum atomic E-state index is -3.19. The molecule has 0 fully saturated rings. The van der Waals surface area contributed by atoms with E-state index in [1.165, 1.54) is 6.07 Å². The van der Waals surface area contributed by atoms with Crippen molar-refractivity contribution in [3.8, 4) is 0 Å². The van der Waals surface area contributed by atoms with Crippen LogP contribution in [0.5, 0.6) is 0 Å². The van der Waals surface area contributed by atoms with Crippen LogP contribution in [-0.2, 0) is 4.57 Å². The third kappa shape index (κ3) is 2.08. The van der Waals surface area contributed by atoms with Gasteiger partial charge in [0.05, 0.1) is 6.20 Å². The average Bonchev–Trinajstić information content (AvgIpc) is 1.94. The molecular weight excluding hydrogens is 185 g/mol. The van der Waals surface area contributed by atoms with E-state index >= 15 is 0 Å². The average molecular weight is 191 g/mol. The van der Waals surface area contributed by atoms with Gasteiger partial charge in [-0.3, -0.25) is 0 Å². The minimum absolute atomic E-state index is 0.0254.